The molecule has 0 aromatic heterocycles. The Balaban J connectivity index is 1.39. The van der Waals surface area contributed by atoms with Gasteiger partial charge in [0.05, 0.1) is 30.3 Å². The van der Waals surface area contributed by atoms with Crippen molar-refractivity contribution >= 4 is 5.97 Å². The van der Waals surface area contributed by atoms with Crippen LogP contribution >= 0.6 is 0 Å². The molecule has 46 heavy (non-hydrogen) atoms. The van der Waals surface area contributed by atoms with Gasteiger partial charge in [-0.2, -0.15) is 0 Å². The van der Waals surface area contributed by atoms with Crippen molar-refractivity contribution in [1.29, 1.82) is 0 Å². The smallest absolute Gasteiger partial charge is 0.315 e. The van der Waals surface area contributed by atoms with Crippen LogP contribution in [0.5, 0.6) is 0 Å². The lowest BCUT2D eigenvalue weighted by atomic mass is 9.33. The molecule has 5 fully saturated rings. The van der Waals surface area contributed by atoms with Crippen molar-refractivity contribution in [2.24, 2.45) is 50.7 Å². The standard InChI is InChI=1S/C36H58O10/c1-19-9-14-36(30(43)46-29-27(42)26(41)25(40)21(17-37)45-29)16-15-33(4)20(28(36)35(19,6)44)7-8-23-31(2)12-11-24(39)32(3,18-38)22(31)10-13-34(23,33)5/h7,19,21-29,37-42,44H,8-18H2,1-6H3/t19-,21-,22?,23-,24+,25-,26+,27-,28-,29+,31+,32+,33-,34-,35-,36+/m1/s1. The first-order valence-electron chi connectivity index (χ1n) is 17.6. The molecule has 262 valence electrons. The van der Waals surface area contributed by atoms with Crippen LogP contribution in [0.3, 0.4) is 0 Å². The fraction of sp³-hybridized carbons (Fsp3) is 0.917. The molecule has 0 bridgehead atoms. The van der Waals surface area contributed by atoms with E-state index in [4.69, 9.17) is 9.47 Å². The Morgan fingerprint density at radius 1 is 0.891 bits per heavy atom. The molecule has 6 aliphatic rings. The number of aliphatic hydroxyl groups excluding tert-OH is 6. The summed E-state index contributed by atoms with van der Waals surface area (Å²) in [5, 5.41) is 75.0. The van der Waals surface area contributed by atoms with Crippen LogP contribution < -0.4 is 0 Å². The van der Waals surface area contributed by atoms with E-state index in [0.29, 0.717) is 38.0 Å². The normalized spacial score (nSPS) is 56.8. The third-order valence-electron chi connectivity index (χ3n) is 15.7. The van der Waals surface area contributed by atoms with E-state index in [1.807, 2.05) is 20.8 Å². The lowest BCUT2D eigenvalue weighted by Crippen LogP contribution is -2.68. The molecule has 0 spiro atoms. The summed E-state index contributed by atoms with van der Waals surface area (Å²) in [6.07, 6.45) is 0.492. The van der Waals surface area contributed by atoms with E-state index in [9.17, 15) is 40.5 Å². The van der Waals surface area contributed by atoms with Crippen LogP contribution in [0, 0.1) is 50.7 Å². The van der Waals surface area contributed by atoms with E-state index in [2.05, 4.69) is 26.8 Å². The molecule has 0 aromatic rings. The Labute approximate surface area is 273 Å². The second kappa shape index (κ2) is 11.2. The summed E-state index contributed by atoms with van der Waals surface area (Å²) in [6.45, 7) is 12.3. The van der Waals surface area contributed by atoms with Crippen molar-refractivity contribution in [3.63, 3.8) is 0 Å². The Morgan fingerprint density at radius 2 is 1.59 bits per heavy atom. The highest BCUT2D eigenvalue weighted by Gasteiger charge is 2.72. The largest absolute Gasteiger partial charge is 0.432 e. The van der Waals surface area contributed by atoms with E-state index in [1.165, 1.54) is 0 Å². The van der Waals surface area contributed by atoms with Crippen molar-refractivity contribution in [2.75, 3.05) is 13.2 Å². The predicted molar refractivity (Wildman–Crippen MR) is 168 cm³/mol. The fourth-order valence-electron chi connectivity index (χ4n) is 12.3. The maximum atomic E-state index is 14.5. The number of hydrogen-bond acceptors (Lipinski definition) is 10. The Bertz CT molecular complexity index is 1240. The first-order valence-corrected chi connectivity index (χ1v) is 17.6. The number of aliphatic hydroxyl groups is 7. The molecule has 10 heteroatoms. The molecule has 0 radical (unpaired) electrons. The highest BCUT2D eigenvalue weighted by atomic mass is 16.7. The topological polar surface area (TPSA) is 177 Å². The van der Waals surface area contributed by atoms with Crippen LogP contribution in [0.1, 0.15) is 99.3 Å². The van der Waals surface area contributed by atoms with Gasteiger partial charge in [0.15, 0.2) is 0 Å². The minimum atomic E-state index is -1.70. The highest BCUT2D eigenvalue weighted by molar-refractivity contribution is 5.79. The average molecular weight is 651 g/mol. The third-order valence-corrected chi connectivity index (χ3v) is 15.7. The van der Waals surface area contributed by atoms with E-state index in [1.54, 1.807) is 0 Å². The van der Waals surface area contributed by atoms with Gasteiger partial charge in [-0.25, -0.2) is 0 Å². The van der Waals surface area contributed by atoms with Gasteiger partial charge in [0.25, 0.3) is 0 Å². The van der Waals surface area contributed by atoms with Gasteiger partial charge in [0.1, 0.15) is 24.4 Å². The van der Waals surface area contributed by atoms with E-state index in [-0.39, 0.29) is 34.7 Å². The van der Waals surface area contributed by atoms with Crippen LogP contribution in [0.4, 0.5) is 0 Å². The Kier molecular flexibility index (Phi) is 8.46. The molecule has 1 unspecified atom stereocenters. The van der Waals surface area contributed by atoms with Crippen molar-refractivity contribution in [3.8, 4) is 0 Å². The number of hydrogen-bond donors (Lipinski definition) is 7. The quantitative estimate of drug-likeness (QED) is 0.177. The Hall–Kier alpha value is -1.11. The summed E-state index contributed by atoms with van der Waals surface area (Å²) in [5.41, 5.74) is -2.34. The highest BCUT2D eigenvalue weighted by Crippen LogP contribution is 2.76. The van der Waals surface area contributed by atoms with E-state index in [0.717, 1.165) is 31.3 Å². The molecule has 16 atom stereocenters. The second-order valence-electron chi connectivity index (χ2n) is 17.4. The molecular formula is C36H58O10. The van der Waals surface area contributed by atoms with Crippen LogP contribution in [0.2, 0.25) is 0 Å². The van der Waals surface area contributed by atoms with Crippen molar-refractivity contribution in [3.05, 3.63) is 11.6 Å². The number of carbonyl (C=O) groups excluding carboxylic acids is 1. The molecule has 1 heterocycles. The molecule has 5 aliphatic carbocycles. The van der Waals surface area contributed by atoms with Gasteiger partial charge in [-0.3, -0.25) is 4.79 Å². The maximum Gasteiger partial charge on any atom is 0.315 e. The van der Waals surface area contributed by atoms with E-state index >= 15 is 0 Å². The van der Waals surface area contributed by atoms with Crippen LogP contribution in [0.25, 0.3) is 0 Å². The minimum Gasteiger partial charge on any atom is -0.432 e. The lowest BCUT2D eigenvalue weighted by Gasteiger charge is -2.72. The summed E-state index contributed by atoms with van der Waals surface area (Å²) < 4.78 is 11.5. The summed E-state index contributed by atoms with van der Waals surface area (Å²) in [7, 11) is 0. The van der Waals surface area contributed by atoms with Gasteiger partial charge >= 0.3 is 5.97 Å². The molecule has 7 N–H and O–H groups in total. The SMILES string of the molecule is C[C@@H]1CC[C@]2(C(=O)O[C@@H]3O[C@H](CO)[C@@H](O)[C@H](O)[C@H]3O)CC[C@]3(C)C(=CC[C@@H]4[C@@]5(C)CC[C@H](O)[C@@](C)(CO)C5CC[C@]43C)[C@@H]2[C@]1(C)O. The summed E-state index contributed by atoms with van der Waals surface area (Å²) in [4.78, 5) is 14.5. The minimum absolute atomic E-state index is 0.0435. The van der Waals surface area contributed by atoms with Crippen molar-refractivity contribution in [2.45, 2.75) is 142 Å². The maximum absolute atomic E-state index is 14.5. The molecule has 4 saturated carbocycles. The monoisotopic (exact) mass is 650 g/mol. The molecule has 6 rings (SSSR count). The number of carbonyl (C=O) groups is 1. The molecule has 1 saturated heterocycles. The zero-order valence-electron chi connectivity index (χ0n) is 28.5. The molecule has 10 nitrogen and oxygen atoms in total. The fourth-order valence-corrected chi connectivity index (χ4v) is 12.3. The number of ether oxygens (including phenoxy) is 2. The van der Waals surface area contributed by atoms with Crippen molar-refractivity contribution in [1.82, 2.24) is 0 Å². The van der Waals surface area contributed by atoms with Crippen LogP contribution in [-0.2, 0) is 14.3 Å². The first kappa shape index (κ1) is 34.7. The van der Waals surface area contributed by atoms with Gasteiger partial charge in [0, 0.05) is 11.3 Å². The number of allylic oxidation sites excluding steroid dienone is 1. The number of rotatable bonds is 4. The van der Waals surface area contributed by atoms with Gasteiger partial charge in [-0.05, 0) is 98.7 Å². The molecular weight excluding hydrogens is 592 g/mol. The zero-order chi connectivity index (χ0) is 33.8. The average Bonchev–Trinajstić information content (AvgIpc) is 3.01. The molecule has 0 amide bonds. The predicted octanol–water partition coefficient (Wildman–Crippen LogP) is 2.44. The van der Waals surface area contributed by atoms with Crippen LogP contribution in [-0.4, -0.2) is 97.3 Å². The van der Waals surface area contributed by atoms with Gasteiger partial charge in [-0.1, -0.05) is 46.3 Å². The summed E-state index contributed by atoms with van der Waals surface area (Å²) in [5.74, 6) is -0.749. The van der Waals surface area contributed by atoms with Crippen molar-refractivity contribution < 1.29 is 50.0 Å². The third kappa shape index (κ3) is 4.39. The van der Waals surface area contributed by atoms with Gasteiger partial charge in [-0.15, -0.1) is 0 Å². The number of esters is 1. The zero-order valence-corrected chi connectivity index (χ0v) is 28.5. The Morgan fingerprint density at radius 3 is 2.24 bits per heavy atom. The second-order valence-corrected chi connectivity index (χ2v) is 17.4. The summed E-state index contributed by atoms with van der Waals surface area (Å²) >= 11 is 0. The molecule has 1 aliphatic heterocycles. The van der Waals surface area contributed by atoms with Gasteiger partial charge < -0.3 is 45.2 Å². The first-order chi connectivity index (χ1) is 21.4. The molecule has 0 aromatic carbocycles. The number of fused-ring (bicyclic) bond motifs is 7. The van der Waals surface area contributed by atoms with Gasteiger partial charge in [0.2, 0.25) is 6.29 Å². The summed E-state index contributed by atoms with van der Waals surface area (Å²) in [6, 6.07) is 0. The lowest BCUT2D eigenvalue weighted by molar-refractivity contribution is -0.299. The van der Waals surface area contributed by atoms with Crippen LogP contribution in [0.15, 0.2) is 11.6 Å². The van der Waals surface area contributed by atoms with E-state index < -0.39 is 71.7 Å².